The van der Waals surface area contributed by atoms with E-state index in [2.05, 4.69) is 11.9 Å². The first-order valence-electron chi connectivity index (χ1n) is 8.86. The first kappa shape index (κ1) is 17.9. The Morgan fingerprint density at radius 3 is 2.50 bits per heavy atom. The Balaban J connectivity index is 2.13. The lowest BCUT2D eigenvalue weighted by atomic mass is 9.99. The van der Waals surface area contributed by atoms with Gasteiger partial charge in [0.05, 0.1) is 12.6 Å². The molecular formula is C22H24N2O2. The highest BCUT2D eigenvalue weighted by atomic mass is 16.5. The molecule has 0 N–H and O–H groups in total. The number of fused-ring (bicyclic) bond motifs is 1. The normalized spacial score (nSPS) is 12.0. The molecule has 0 saturated heterocycles. The molecule has 134 valence electrons. The molecule has 0 bridgehead atoms. The van der Waals surface area contributed by atoms with E-state index in [4.69, 9.17) is 4.74 Å². The molecule has 0 radical (unpaired) electrons. The maximum atomic E-state index is 12.9. The number of carbonyl (C=O) groups is 1. The molecule has 1 heterocycles. The van der Waals surface area contributed by atoms with Crippen molar-refractivity contribution in [3.05, 3.63) is 60.3 Å². The first-order valence-corrected chi connectivity index (χ1v) is 8.86. The summed E-state index contributed by atoms with van der Waals surface area (Å²) in [5, 5.41) is 1.03. The molecule has 3 rings (SSSR count). The third-order valence-corrected chi connectivity index (χ3v) is 4.91. The number of aromatic nitrogens is 1. The van der Waals surface area contributed by atoms with Crippen LogP contribution in [0.2, 0.25) is 0 Å². The van der Waals surface area contributed by atoms with Crippen LogP contribution in [0, 0.1) is 0 Å². The summed E-state index contributed by atoms with van der Waals surface area (Å²) in [7, 11) is 3.48. The van der Waals surface area contributed by atoms with Gasteiger partial charge in [-0.25, -0.2) is 4.98 Å². The number of carbonyl (C=O) groups excluding carboxylic acids is 1. The zero-order valence-electron chi connectivity index (χ0n) is 15.7. The number of amides is 1. The van der Waals surface area contributed by atoms with Crippen LogP contribution in [0.25, 0.3) is 22.0 Å². The lowest BCUT2D eigenvalue weighted by molar-refractivity contribution is 0.0735. The monoisotopic (exact) mass is 348 g/mol. The third-order valence-electron chi connectivity index (χ3n) is 4.91. The summed E-state index contributed by atoms with van der Waals surface area (Å²) in [4.78, 5) is 19.3. The number of ether oxygens (including phenoxy) is 1. The molecule has 0 spiro atoms. The average Bonchev–Trinajstić information content (AvgIpc) is 2.71. The van der Waals surface area contributed by atoms with Crippen LogP contribution >= 0.6 is 0 Å². The van der Waals surface area contributed by atoms with Crippen molar-refractivity contribution in [1.82, 2.24) is 9.88 Å². The maximum Gasteiger partial charge on any atom is 0.272 e. The van der Waals surface area contributed by atoms with Gasteiger partial charge in [0.1, 0.15) is 11.4 Å². The van der Waals surface area contributed by atoms with Crippen LogP contribution in [0.15, 0.2) is 54.6 Å². The van der Waals surface area contributed by atoms with E-state index < -0.39 is 0 Å². The topological polar surface area (TPSA) is 42.4 Å². The summed E-state index contributed by atoms with van der Waals surface area (Å²) < 4.78 is 5.25. The smallest absolute Gasteiger partial charge is 0.272 e. The molecule has 0 aliphatic heterocycles. The van der Waals surface area contributed by atoms with Crippen LogP contribution in [0.3, 0.4) is 0 Å². The standard InChI is InChI=1S/C22H24N2O2/c1-5-15(2)24(3)22(25)21-14-19(16-10-12-17(26-4)13-11-16)18-8-6-7-9-20(18)23-21/h6-15H,5H2,1-4H3. The van der Waals surface area contributed by atoms with Crippen molar-refractivity contribution in [2.24, 2.45) is 0 Å². The fourth-order valence-electron chi connectivity index (χ4n) is 2.95. The minimum Gasteiger partial charge on any atom is -0.497 e. The Morgan fingerprint density at radius 2 is 1.85 bits per heavy atom. The van der Waals surface area contributed by atoms with Crippen LogP contribution < -0.4 is 4.74 Å². The second kappa shape index (κ2) is 7.56. The molecule has 3 aromatic rings. The molecule has 1 unspecified atom stereocenters. The van der Waals surface area contributed by atoms with E-state index in [0.29, 0.717) is 5.69 Å². The summed E-state index contributed by atoms with van der Waals surface area (Å²) in [5.74, 6) is 0.750. The van der Waals surface area contributed by atoms with Crippen molar-refractivity contribution < 1.29 is 9.53 Å². The van der Waals surface area contributed by atoms with E-state index in [1.807, 2.05) is 68.6 Å². The van der Waals surface area contributed by atoms with Gasteiger partial charge in [-0.2, -0.15) is 0 Å². The number of para-hydroxylation sites is 1. The summed E-state index contributed by atoms with van der Waals surface area (Å²) in [6.45, 7) is 4.12. The van der Waals surface area contributed by atoms with E-state index in [-0.39, 0.29) is 11.9 Å². The SMILES string of the molecule is CCC(C)N(C)C(=O)c1cc(-c2ccc(OC)cc2)c2ccccc2n1. The Labute approximate surface area is 154 Å². The summed E-state index contributed by atoms with van der Waals surface area (Å²) in [6.07, 6.45) is 0.904. The predicted octanol–water partition coefficient (Wildman–Crippen LogP) is 4.78. The second-order valence-electron chi connectivity index (χ2n) is 6.47. The molecular weight excluding hydrogens is 324 g/mol. The van der Waals surface area contributed by atoms with E-state index in [1.54, 1.807) is 12.0 Å². The van der Waals surface area contributed by atoms with Gasteiger partial charge in [0.15, 0.2) is 0 Å². The van der Waals surface area contributed by atoms with Gasteiger partial charge in [-0.1, -0.05) is 37.3 Å². The van der Waals surface area contributed by atoms with E-state index in [1.165, 1.54) is 0 Å². The van der Waals surface area contributed by atoms with Gasteiger partial charge in [0, 0.05) is 18.5 Å². The van der Waals surface area contributed by atoms with Crippen molar-refractivity contribution in [1.29, 1.82) is 0 Å². The predicted molar refractivity (Wildman–Crippen MR) is 106 cm³/mol. The molecule has 0 saturated carbocycles. The van der Waals surface area contributed by atoms with Crippen LogP contribution in [-0.4, -0.2) is 36.0 Å². The van der Waals surface area contributed by atoms with Gasteiger partial charge in [-0.15, -0.1) is 0 Å². The van der Waals surface area contributed by atoms with Crippen molar-refractivity contribution in [2.75, 3.05) is 14.2 Å². The van der Waals surface area contributed by atoms with E-state index in [9.17, 15) is 4.79 Å². The highest BCUT2D eigenvalue weighted by Crippen LogP contribution is 2.30. The van der Waals surface area contributed by atoms with Crippen molar-refractivity contribution in [3.63, 3.8) is 0 Å². The summed E-state index contributed by atoms with van der Waals surface area (Å²) in [5.41, 5.74) is 3.32. The Bertz CT molecular complexity index is 919. The average molecular weight is 348 g/mol. The molecule has 1 aromatic heterocycles. The number of pyridine rings is 1. The molecule has 1 atom stereocenters. The number of hydrogen-bond acceptors (Lipinski definition) is 3. The first-order chi connectivity index (χ1) is 12.5. The highest BCUT2D eigenvalue weighted by molar-refractivity contribution is 6.01. The Kier molecular flexibility index (Phi) is 5.21. The number of rotatable bonds is 5. The lowest BCUT2D eigenvalue weighted by Crippen LogP contribution is -2.35. The fourth-order valence-corrected chi connectivity index (χ4v) is 2.95. The zero-order valence-corrected chi connectivity index (χ0v) is 15.7. The number of nitrogens with zero attached hydrogens (tertiary/aromatic N) is 2. The summed E-state index contributed by atoms with van der Waals surface area (Å²) in [6, 6.07) is 17.8. The molecule has 1 amide bonds. The molecule has 26 heavy (non-hydrogen) atoms. The zero-order chi connectivity index (χ0) is 18.7. The molecule has 4 nitrogen and oxygen atoms in total. The van der Waals surface area contributed by atoms with Crippen LogP contribution in [0.1, 0.15) is 30.8 Å². The van der Waals surface area contributed by atoms with Gasteiger partial charge in [-0.3, -0.25) is 4.79 Å². The minimum atomic E-state index is -0.0557. The van der Waals surface area contributed by atoms with Crippen LogP contribution in [0.4, 0.5) is 0 Å². The van der Waals surface area contributed by atoms with E-state index in [0.717, 1.165) is 34.2 Å². The largest absolute Gasteiger partial charge is 0.497 e. The maximum absolute atomic E-state index is 12.9. The number of benzene rings is 2. The Hall–Kier alpha value is -2.88. The number of methoxy groups -OCH3 is 1. The van der Waals surface area contributed by atoms with Crippen LogP contribution in [0.5, 0.6) is 5.75 Å². The molecule has 4 heteroatoms. The van der Waals surface area contributed by atoms with Gasteiger partial charge in [0.25, 0.3) is 5.91 Å². The van der Waals surface area contributed by atoms with Gasteiger partial charge < -0.3 is 9.64 Å². The quantitative estimate of drug-likeness (QED) is 0.666. The molecule has 0 fully saturated rings. The Morgan fingerprint density at radius 1 is 1.15 bits per heavy atom. The molecule has 0 aliphatic rings. The minimum absolute atomic E-state index is 0.0557. The summed E-state index contributed by atoms with van der Waals surface area (Å²) >= 11 is 0. The van der Waals surface area contributed by atoms with E-state index >= 15 is 0 Å². The lowest BCUT2D eigenvalue weighted by Gasteiger charge is -2.24. The van der Waals surface area contributed by atoms with Gasteiger partial charge in [-0.05, 0) is 48.7 Å². The highest BCUT2D eigenvalue weighted by Gasteiger charge is 2.19. The van der Waals surface area contributed by atoms with Crippen molar-refractivity contribution >= 4 is 16.8 Å². The van der Waals surface area contributed by atoms with Crippen molar-refractivity contribution in [3.8, 4) is 16.9 Å². The van der Waals surface area contributed by atoms with Gasteiger partial charge in [0.2, 0.25) is 0 Å². The molecule has 2 aromatic carbocycles. The molecule has 0 aliphatic carbocycles. The van der Waals surface area contributed by atoms with Crippen molar-refractivity contribution in [2.45, 2.75) is 26.3 Å². The third kappa shape index (κ3) is 3.40. The second-order valence-corrected chi connectivity index (χ2v) is 6.47. The van der Waals surface area contributed by atoms with Gasteiger partial charge >= 0.3 is 0 Å². The van der Waals surface area contributed by atoms with Crippen LogP contribution in [-0.2, 0) is 0 Å². The fraction of sp³-hybridized carbons (Fsp3) is 0.273. The number of hydrogen-bond donors (Lipinski definition) is 0.